The van der Waals surface area contributed by atoms with E-state index in [9.17, 15) is 17.6 Å². The molecule has 7 nitrogen and oxygen atoms in total. The Balaban J connectivity index is 1.58. The number of carbonyl (C=O) groups excluding carboxylic acids is 1. The van der Waals surface area contributed by atoms with Gasteiger partial charge in [0.15, 0.2) is 0 Å². The number of hydrogen-bond acceptors (Lipinski definition) is 4. The van der Waals surface area contributed by atoms with Crippen LogP contribution in [0.25, 0.3) is 0 Å². The Morgan fingerprint density at radius 3 is 2.26 bits per heavy atom. The minimum Gasteiger partial charge on any atom is -0.373 e. The highest BCUT2D eigenvalue weighted by Crippen LogP contribution is 2.19. The fourth-order valence-corrected chi connectivity index (χ4v) is 5.32. The SMILES string of the molecule is CC1CN(S(=O)(=O)N2CCN(C(=O)Cc3ccccc3F)CC2)CC(C)O1. The van der Waals surface area contributed by atoms with Crippen molar-refractivity contribution >= 4 is 16.1 Å². The molecule has 0 aliphatic carbocycles. The predicted molar refractivity (Wildman–Crippen MR) is 98.8 cm³/mol. The maximum atomic E-state index is 13.7. The number of amides is 1. The summed E-state index contributed by atoms with van der Waals surface area (Å²) < 4.78 is 48.0. The van der Waals surface area contributed by atoms with Gasteiger partial charge in [0, 0.05) is 39.3 Å². The molecule has 2 aliphatic rings. The first kappa shape index (κ1) is 20.2. The largest absolute Gasteiger partial charge is 0.373 e. The highest BCUT2D eigenvalue weighted by molar-refractivity contribution is 7.86. The first-order valence-corrected chi connectivity index (χ1v) is 10.6. The molecule has 27 heavy (non-hydrogen) atoms. The second kappa shape index (κ2) is 8.22. The molecule has 2 saturated heterocycles. The summed E-state index contributed by atoms with van der Waals surface area (Å²) in [7, 11) is -3.58. The van der Waals surface area contributed by atoms with Crippen molar-refractivity contribution in [3.63, 3.8) is 0 Å². The van der Waals surface area contributed by atoms with Gasteiger partial charge < -0.3 is 9.64 Å². The minimum atomic E-state index is -3.58. The Labute approximate surface area is 159 Å². The molecule has 150 valence electrons. The van der Waals surface area contributed by atoms with E-state index < -0.39 is 16.0 Å². The molecule has 0 spiro atoms. The summed E-state index contributed by atoms with van der Waals surface area (Å²) >= 11 is 0. The molecule has 2 heterocycles. The summed E-state index contributed by atoms with van der Waals surface area (Å²) in [5, 5.41) is 0. The second-order valence-electron chi connectivity index (χ2n) is 7.13. The van der Waals surface area contributed by atoms with Crippen LogP contribution < -0.4 is 0 Å². The van der Waals surface area contributed by atoms with Gasteiger partial charge in [0.05, 0.1) is 18.6 Å². The molecule has 3 rings (SSSR count). The van der Waals surface area contributed by atoms with E-state index in [1.54, 1.807) is 23.1 Å². The molecular formula is C18H26FN3O4S. The molecule has 0 radical (unpaired) electrons. The van der Waals surface area contributed by atoms with Crippen LogP contribution in [0.2, 0.25) is 0 Å². The fraction of sp³-hybridized carbons (Fsp3) is 0.611. The number of nitrogens with zero attached hydrogens (tertiary/aromatic N) is 3. The Morgan fingerprint density at radius 1 is 1.07 bits per heavy atom. The van der Waals surface area contributed by atoms with Gasteiger partial charge in [0.1, 0.15) is 5.82 Å². The number of piperazine rings is 1. The Morgan fingerprint density at radius 2 is 1.67 bits per heavy atom. The highest BCUT2D eigenvalue weighted by atomic mass is 32.2. The molecular weight excluding hydrogens is 373 g/mol. The average molecular weight is 399 g/mol. The van der Waals surface area contributed by atoms with Gasteiger partial charge in [0.25, 0.3) is 10.2 Å². The van der Waals surface area contributed by atoms with Gasteiger partial charge in [-0.1, -0.05) is 18.2 Å². The summed E-state index contributed by atoms with van der Waals surface area (Å²) in [6.07, 6.45) is -0.308. The predicted octanol–water partition coefficient (Wildman–Crippen LogP) is 0.866. The quantitative estimate of drug-likeness (QED) is 0.753. The van der Waals surface area contributed by atoms with Crippen molar-refractivity contribution in [1.82, 2.24) is 13.5 Å². The third kappa shape index (κ3) is 4.66. The number of ether oxygens (including phenoxy) is 1. The number of benzene rings is 1. The van der Waals surface area contributed by atoms with E-state index in [1.165, 1.54) is 14.7 Å². The van der Waals surface area contributed by atoms with Crippen molar-refractivity contribution in [3.8, 4) is 0 Å². The first-order chi connectivity index (χ1) is 12.8. The lowest BCUT2D eigenvalue weighted by molar-refractivity contribution is -0.131. The van der Waals surface area contributed by atoms with Crippen LogP contribution in [0.1, 0.15) is 19.4 Å². The van der Waals surface area contributed by atoms with Crippen LogP contribution in [0.15, 0.2) is 24.3 Å². The van der Waals surface area contributed by atoms with Gasteiger partial charge in [-0.2, -0.15) is 17.0 Å². The van der Waals surface area contributed by atoms with Crippen LogP contribution in [0, 0.1) is 5.82 Å². The lowest BCUT2D eigenvalue weighted by Crippen LogP contribution is -2.57. The van der Waals surface area contributed by atoms with Crippen LogP contribution in [0.4, 0.5) is 4.39 Å². The molecule has 0 N–H and O–H groups in total. The number of carbonyl (C=O) groups is 1. The van der Waals surface area contributed by atoms with Gasteiger partial charge >= 0.3 is 0 Å². The van der Waals surface area contributed by atoms with E-state index in [2.05, 4.69) is 0 Å². The van der Waals surface area contributed by atoms with Crippen LogP contribution in [0.5, 0.6) is 0 Å². The Kier molecular flexibility index (Phi) is 6.15. The van der Waals surface area contributed by atoms with E-state index in [1.807, 2.05) is 13.8 Å². The summed E-state index contributed by atoms with van der Waals surface area (Å²) in [5.41, 5.74) is 0.355. The average Bonchev–Trinajstić information content (AvgIpc) is 2.63. The number of hydrogen-bond donors (Lipinski definition) is 0. The van der Waals surface area contributed by atoms with Gasteiger partial charge in [-0.3, -0.25) is 4.79 Å². The maximum absolute atomic E-state index is 13.7. The highest BCUT2D eigenvalue weighted by Gasteiger charge is 2.37. The van der Waals surface area contributed by atoms with Crippen molar-refractivity contribution in [2.24, 2.45) is 0 Å². The van der Waals surface area contributed by atoms with Crippen molar-refractivity contribution in [1.29, 1.82) is 0 Å². The van der Waals surface area contributed by atoms with Gasteiger partial charge in [-0.15, -0.1) is 0 Å². The van der Waals surface area contributed by atoms with E-state index in [0.29, 0.717) is 31.7 Å². The zero-order valence-corrected chi connectivity index (χ0v) is 16.5. The summed E-state index contributed by atoms with van der Waals surface area (Å²) in [5.74, 6) is -0.589. The molecule has 1 amide bonds. The smallest absolute Gasteiger partial charge is 0.282 e. The molecule has 0 bridgehead atoms. The van der Waals surface area contributed by atoms with Gasteiger partial charge in [-0.05, 0) is 25.5 Å². The maximum Gasteiger partial charge on any atom is 0.282 e. The molecule has 2 atom stereocenters. The van der Waals surface area contributed by atoms with Crippen LogP contribution >= 0.6 is 0 Å². The third-order valence-electron chi connectivity index (χ3n) is 4.93. The zero-order valence-electron chi connectivity index (χ0n) is 15.7. The molecule has 2 fully saturated rings. The van der Waals surface area contributed by atoms with E-state index in [4.69, 9.17) is 4.74 Å². The number of rotatable bonds is 4. The lowest BCUT2D eigenvalue weighted by Gasteiger charge is -2.40. The molecule has 1 aromatic rings. The fourth-order valence-electron chi connectivity index (χ4n) is 3.57. The summed E-state index contributed by atoms with van der Waals surface area (Å²) in [6, 6.07) is 6.20. The van der Waals surface area contributed by atoms with Crippen LogP contribution in [-0.4, -0.2) is 79.3 Å². The van der Waals surface area contributed by atoms with E-state index >= 15 is 0 Å². The molecule has 9 heteroatoms. The molecule has 1 aromatic carbocycles. The van der Waals surface area contributed by atoms with E-state index in [-0.39, 0.29) is 37.6 Å². The van der Waals surface area contributed by atoms with Crippen LogP contribution in [-0.2, 0) is 26.2 Å². The van der Waals surface area contributed by atoms with Gasteiger partial charge in [-0.25, -0.2) is 4.39 Å². The summed E-state index contributed by atoms with van der Waals surface area (Å²) in [4.78, 5) is 14.0. The second-order valence-corrected chi connectivity index (χ2v) is 9.06. The summed E-state index contributed by atoms with van der Waals surface area (Å²) in [6.45, 7) is 5.48. The zero-order chi connectivity index (χ0) is 19.6. The normalized spacial score (nSPS) is 25.5. The third-order valence-corrected chi connectivity index (χ3v) is 6.90. The standard InChI is InChI=1S/C18H26FN3O4S/c1-14-12-22(13-15(2)26-14)27(24,25)21-9-7-20(8-10-21)18(23)11-16-5-3-4-6-17(16)19/h3-6,14-15H,7-13H2,1-2H3. The monoisotopic (exact) mass is 399 g/mol. The van der Waals surface area contributed by atoms with Crippen molar-refractivity contribution in [2.45, 2.75) is 32.5 Å². The lowest BCUT2D eigenvalue weighted by atomic mass is 10.1. The Bertz CT molecular complexity index is 771. The van der Waals surface area contributed by atoms with Crippen molar-refractivity contribution < 1.29 is 22.3 Å². The number of morpholine rings is 1. The van der Waals surface area contributed by atoms with Crippen molar-refractivity contribution in [2.75, 3.05) is 39.3 Å². The molecule has 0 saturated carbocycles. The Hall–Kier alpha value is -1.55. The topological polar surface area (TPSA) is 70.2 Å². The number of halogens is 1. The molecule has 0 aromatic heterocycles. The molecule has 2 unspecified atom stereocenters. The first-order valence-electron chi connectivity index (χ1n) is 9.19. The van der Waals surface area contributed by atoms with Gasteiger partial charge in [0.2, 0.25) is 5.91 Å². The minimum absolute atomic E-state index is 0.0160. The van der Waals surface area contributed by atoms with E-state index in [0.717, 1.165) is 0 Å². The van der Waals surface area contributed by atoms with Crippen LogP contribution in [0.3, 0.4) is 0 Å². The van der Waals surface area contributed by atoms with Crippen molar-refractivity contribution in [3.05, 3.63) is 35.6 Å². The molecule has 2 aliphatic heterocycles.